The van der Waals surface area contributed by atoms with Crippen molar-refractivity contribution in [3.8, 4) is 0 Å². The second-order valence-electron chi connectivity index (χ2n) is 4.69. The summed E-state index contributed by atoms with van der Waals surface area (Å²) in [5.41, 5.74) is 0.00396. The van der Waals surface area contributed by atoms with Crippen LogP contribution < -0.4 is 0 Å². The maximum absolute atomic E-state index is 9.95. The number of aliphatic hydroxyl groups is 2. The van der Waals surface area contributed by atoms with Crippen molar-refractivity contribution in [1.29, 1.82) is 0 Å². The largest absolute Gasteiger partial charge is 0.393 e. The monoisotopic (exact) mass is 250 g/mol. The Bertz CT molecular complexity index is 193. The maximum atomic E-state index is 9.95. The van der Waals surface area contributed by atoms with E-state index in [1.54, 1.807) is 11.8 Å². The van der Waals surface area contributed by atoms with Crippen molar-refractivity contribution in [2.45, 2.75) is 32.5 Å². The molecule has 2 N–H and O–H groups in total. The molecule has 0 aromatic rings. The van der Waals surface area contributed by atoms with Crippen molar-refractivity contribution in [1.82, 2.24) is 0 Å². The predicted octanol–water partition coefficient (Wildman–Crippen LogP) is 1.85. The van der Waals surface area contributed by atoms with E-state index in [4.69, 9.17) is 0 Å². The summed E-state index contributed by atoms with van der Waals surface area (Å²) in [6, 6.07) is 0. The average molecular weight is 250 g/mol. The van der Waals surface area contributed by atoms with Crippen LogP contribution in [0.25, 0.3) is 0 Å². The van der Waals surface area contributed by atoms with Gasteiger partial charge < -0.3 is 10.2 Å². The third-order valence-corrected chi connectivity index (χ3v) is 5.70. The average Bonchev–Trinajstić information content (AvgIpc) is 2.18. The van der Waals surface area contributed by atoms with Gasteiger partial charge in [0.05, 0.1) is 12.2 Å². The molecule has 1 fully saturated rings. The first-order chi connectivity index (χ1) is 7.02. The molecule has 0 aromatic heterocycles. The van der Waals surface area contributed by atoms with Crippen molar-refractivity contribution >= 4 is 23.5 Å². The Hall–Kier alpha value is 0.620. The Morgan fingerprint density at radius 1 is 1.47 bits per heavy atom. The minimum Gasteiger partial charge on any atom is -0.393 e. The van der Waals surface area contributed by atoms with Crippen LogP contribution in [-0.2, 0) is 0 Å². The fourth-order valence-corrected chi connectivity index (χ4v) is 5.01. The molecule has 2 nitrogen and oxygen atoms in total. The third kappa shape index (κ3) is 3.29. The van der Waals surface area contributed by atoms with Gasteiger partial charge in [0.15, 0.2) is 0 Å². The molecule has 90 valence electrons. The van der Waals surface area contributed by atoms with Gasteiger partial charge in [0.2, 0.25) is 0 Å². The number of thioether (sulfide) groups is 2. The minimum atomic E-state index is -0.279. The molecule has 0 amide bonds. The molecule has 1 aliphatic rings. The van der Waals surface area contributed by atoms with E-state index in [9.17, 15) is 10.2 Å². The molecule has 1 saturated heterocycles. The van der Waals surface area contributed by atoms with Crippen LogP contribution in [0, 0.1) is 11.3 Å². The summed E-state index contributed by atoms with van der Waals surface area (Å²) in [5, 5.41) is 19.6. The number of aliphatic hydroxyl groups excluding tert-OH is 2. The molecule has 0 spiro atoms. The van der Waals surface area contributed by atoms with E-state index in [0.29, 0.717) is 5.92 Å². The zero-order valence-corrected chi connectivity index (χ0v) is 11.4. The maximum Gasteiger partial charge on any atom is 0.0584 e. The van der Waals surface area contributed by atoms with Crippen LogP contribution >= 0.6 is 23.5 Å². The van der Waals surface area contributed by atoms with Gasteiger partial charge in [0, 0.05) is 16.9 Å². The van der Waals surface area contributed by atoms with Crippen molar-refractivity contribution in [2.24, 2.45) is 11.3 Å². The van der Waals surface area contributed by atoms with E-state index < -0.39 is 0 Å². The zero-order chi connectivity index (χ0) is 11.5. The summed E-state index contributed by atoms with van der Waals surface area (Å²) in [5.74, 6) is 3.38. The van der Waals surface area contributed by atoms with Gasteiger partial charge in [-0.25, -0.2) is 0 Å². The topological polar surface area (TPSA) is 40.5 Å². The fourth-order valence-electron chi connectivity index (χ4n) is 2.16. The Morgan fingerprint density at radius 2 is 2.13 bits per heavy atom. The highest BCUT2D eigenvalue weighted by Gasteiger charge is 2.41. The normalized spacial score (nSPS) is 36.2. The van der Waals surface area contributed by atoms with Gasteiger partial charge >= 0.3 is 0 Å². The molecule has 0 bridgehead atoms. The van der Waals surface area contributed by atoms with Gasteiger partial charge in [-0.2, -0.15) is 23.5 Å². The summed E-state index contributed by atoms with van der Waals surface area (Å²) in [4.78, 5) is 0. The van der Waals surface area contributed by atoms with Crippen LogP contribution in [0.15, 0.2) is 0 Å². The second kappa shape index (κ2) is 5.80. The van der Waals surface area contributed by atoms with Crippen LogP contribution in [-0.4, -0.2) is 45.9 Å². The van der Waals surface area contributed by atoms with E-state index in [1.165, 1.54) is 0 Å². The molecule has 0 saturated carbocycles. The van der Waals surface area contributed by atoms with E-state index >= 15 is 0 Å². The summed E-state index contributed by atoms with van der Waals surface area (Å²) >= 11 is 3.67. The van der Waals surface area contributed by atoms with Crippen molar-refractivity contribution in [3.05, 3.63) is 0 Å². The lowest BCUT2D eigenvalue weighted by molar-refractivity contribution is 0.0281. The lowest BCUT2D eigenvalue weighted by atomic mass is 9.77. The first-order valence-corrected chi connectivity index (χ1v) is 7.99. The third-order valence-electron chi connectivity index (χ3n) is 3.39. The van der Waals surface area contributed by atoms with E-state index in [1.807, 2.05) is 25.6 Å². The molecule has 15 heavy (non-hydrogen) atoms. The van der Waals surface area contributed by atoms with Gasteiger partial charge in [-0.3, -0.25) is 0 Å². The summed E-state index contributed by atoms with van der Waals surface area (Å²) in [7, 11) is 0. The van der Waals surface area contributed by atoms with Crippen LogP contribution in [0.1, 0.15) is 20.3 Å². The summed E-state index contributed by atoms with van der Waals surface area (Å²) in [6.07, 6.45) is 2.51. The lowest BCUT2D eigenvalue weighted by Crippen LogP contribution is -2.45. The van der Waals surface area contributed by atoms with Crippen LogP contribution in [0.3, 0.4) is 0 Å². The molecule has 0 aromatic carbocycles. The number of rotatable bonds is 4. The predicted molar refractivity (Wildman–Crippen MR) is 69.6 cm³/mol. The van der Waals surface area contributed by atoms with Crippen LogP contribution in [0.5, 0.6) is 0 Å². The Labute approximate surface area is 101 Å². The zero-order valence-electron chi connectivity index (χ0n) is 9.77. The fraction of sp³-hybridized carbons (Fsp3) is 1.00. The standard InChI is InChI=1S/C11H22O2S2/c1-8(12)10-4-11(6-14-3,9(2)13)7-15-5-10/h8-10,12-13H,4-7H2,1-3H3. The smallest absolute Gasteiger partial charge is 0.0584 e. The molecule has 4 unspecified atom stereocenters. The van der Waals surface area contributed by atoms with Gasteiger partial charge in [0.1, 0.15) is 0 Å². The summed E-state index contributed by atoms with van der Waals surface area (Å²) < 4.78 is 0. The first-order valence-electron chi connectivity index (χ1n) is 5.44. The van der Waals surface area contributed by atoms with Crippen molar-refractivity contribution < 1.29 is 10.2 Å². The highest BCUT2D eigenvalue weighted by atomic mass is 32.2. The second-order valence-corrected chi connectivity index (χ2v) is 6.59. The highest BCUT2D eigenvalue weighted by Crippen LogP contribution is 2.43. The van der Waals surface area contributed by atoms with Gasteiger partial charge in [-0.1, -0.05) is 0 Å². The molecule has 0 radical (unpaired) electrons. The molecule has 1 aliphatic heterocycles. The number of hydrogen-bond donors (Lipinski definition) is 2. The van der Waals surface area contributed by atoms with Crippen molar-refractivity contribution in [3.63, 3.8) is 0 Å². The van der Waals surface area contributed by atoms with Gasteiger partial charge in [-0.05, 0) is 38.2 Å². The van der Waals surface area contributed by atoms with E-state index in [2.05, 4.69) is 6.26 Å². The van der Waals surface area contributed by atoms with Crippen LogP contribution in [0.4, 0.5) is 0 Å². The first kappa shape index (κ1) is 13.7. The Balaban J connectivity index is 2.71. The van der Waals surface area contributed by atoms with Crippen molar-refractivity contribution in [2.75, 3.05) is 23.5 Å². The molecule has 4 atom stereocenters. The van der Waals surface area contributed by atoms with Gasteiger partial charge in [0.25, 0.3) is 0 Å². The number of hydrogen-bond acceptors (Lipinski definition) is 4. The van der Waals surface area contributed by atoms with E-state index in [0.717, 1.165) is 23.7 Å². The van der Waals surface area contributed by atoms with Gasteiger partial charge in [-0.15, -0.1) is 0 Å². The molecule has 1 rings (SSSR count). The Kier molecular flexibility index (Phi) is 5.29. The molecular formula is C11H22O2S2. The lowest BCUT2D eigenvalue weighted by Gasteiger charge is -2.43. The SMILES string of the molecule is CSCC1(C(C)O)CSCC(C(C)O)C1. The molecule has 0 aliphatic carbocycles. The van der Waals surface area contributed by atoms with E-state index in [-0.39, 0.29) is 17.6 Å². The molecular weight excluding hydrogens is 228 g/mol. The quantitative estimate of drug-likeness (QED) is 0.799. The highest BCUT2D eigenvalue weighted by molar-refractivity contribution is 8.00. The van der Waals surface area contributed by atoms with Crippen LogP contribution in [0.2, 0.25) is 0 Å². The Morgan fingerprint density at radius 3 is 2.60 bits per heavy atom. The summed E-state index contributed by atoms with van der Waals surface area (Å²) in [6.45, 7) is 3.75. The minimum absolute atomic E-state index is 0.00396. The molecule has 1 heterocycles. The molecule has 4 heteroatoms.